The van der Waals surface area contributed by atoms with Crippen LogP contribution in [0.4, 0.5) is 11.5 Å². The van der Waals surface area contributed by atoms with Crippen molar-refractivity contribution >= 4 is 17.4 Å². The summed E-state index contributed by atoms with van der Waals surface area (Å²) in [5.41, 5.74) is 11.5. The number of hydrogen-bond donors (Lipinski definition) is 3. The zero-order chi connectivity index (χ0) is 12.3. The van der Waals surface area contributed by atoms with Gasteiger partial charge in [0.2, 0.25) is 5.91 Å². The molecule has 92 valence electrons. The number of nitrogens with two attached hydrogens (primary N) is 2. The first-order valence-electron chi connectivity index (χ1n) is 5.92. The van der Waals surface area contributed by atoms with Gasteiger partial charge >= 0.3 is 0 Å². The number of aromatic nitrogens is 1. The van der Waals surface area contributed by atoms with Crippen LogP contribution in [0.25, 0.3) is 0 Å². The number of carbonyl (C=O) groups is 1. The van der Waals surface area contributed by atoms with Crippen molar-refractivity contribution in [2.24, 2.45) is 5.73 Å². The van der Waals surface area contributed by atoms with Gasteiger partial charge in [-0.25, -0.2) is 4.98 Å². The lowest BCUT2D eigenvalue weighted by atomic mass is 9.82. The third-order valence-corrected chi connectivity index (χ3v) is 3.24. The second kappa shape index (κ2) is 4.71. The van der Waals surface area contributed by atoms with E-state index in [1.807, 2.05) is 0 Å². The quantitative estimate of drug-likeness (QED) is 0.718. The molecule has 0 bridgehead atoms. The zero-order valence-corrected chi connectivity index (χ0v) is 9.78. The van der Waals surface area contributed by atoms with Crippen LogP contribution >= 0.6 is 0 Å². The highest BCUT2D eigenvalue weighted by Crippen LogP contribution is 2.27. The van der Waals surface area contributed by atoms with Crippen LogP contribution in [-0.2, 0) is 4.79 Å². The number of pyridine rings is 1. The monoisotopic (exact) mass is 234 g/mol. The summed E-state index contributed by atoms with van der Waals surface area (Å²) in [7, 11) is 0. The highest BCUT2D eigenvalue weighted by Gasteiger charge is 2.35. The predicted molar refractivity (Wildman–Crippen MR) is 67.3 cm³/mol. The van der Waals surface area contributed by atoms with E-state index in [-0.39, 0.29) is 5.91 Å². The number of nitrogens with zero attached hydrogens (tertiary/aromatic N) is 1. The van der Waals surface area contributed by atoms with Crippen LogP contribution in [0.15, 0.2) is 18.3 Å². The average Bonchev–Trinajstić information content (AvgIpc) is 2.33. The summed E-state index contributed by atoms with van der Waals surface area (Å²) in [4.78, 5) is 16.0. The number of nitrogen functional groups attached to an aromatic ring is 1. The Labute approximate surface area is 101 Å². The smallest absolute Gasteiger partial charge is 0.244 e. The van der Waals surface area contributed by atoms with E-state index in [2.05, 4.69) is 10.3 Å². The van der Waals surface area contributed by atoms with Crippen molar-refractivity contribution in [3.05, 3.63) is 18.3 Å². The molecule has 1 aromatic rings. The summed E-state index contributed by atoms with van der Waals surface area (Å²) in [6, 6.07) is 3.38. The minimum Gasteiger partial charge on any atom is -0.384 e. The van der Waals surface area contributed by atoms with Gasteiger partial charge in [0, 0.05) is 0 Å². The van der Waals surface area contributed by atoms with Crippen molar-refractivity contribution in [2.45, 2.75) is 37.6 Å². The number of rotatable bonds is 2. The van der Waals surface area contributed by atoms with Crippen molar-refractivity contribution in [3.8, 4) is 0 Å². The third kappa shape index (κ3) is 2.74. The average molecular weight is 234 g/mol. The van der Waals surface area contributed by atoms with Gasteiger partial charge in [0.05, 0.1) is 17.4 Å². The number of anilines is 2. The second-order valence-corrected chi connectivity index (χ2v) is 4.64. The number of amides is 1. The first-order chi connectivity index (χ1) is 8.10. The van der Waals surface area contributed by atoms with Gasteiger partial charge in [0.25, 0.3) is 0 Å². The lowest BCUT2D eigenvalue weighted by molar-refractivity contribution is -0.122. The fourth-order valence-corrected chi connectivity index (χ4v) is 2.14. The molecule has 1 fully saturated rings. The van der Waals surface area contributed by atoms with Crippen LogP contribution in [0.1, 0.15) is 32.1 Å². The van der Waals surface area contributed by atoms with Gasteiger partial charge < -0.3 is 16.8 Å². The third-order valence-electron chi connectivity index (χ3n) is 3.24. The van der Waals surface area contributed by atoms with E-state index in [9.17, 15) is 4.79 Å². The Kier molecular flexibility index (Phi) is 3.28. The molecule has 1 amide bonds. The van der Waals surface area contributed by atoms with Gasteiger partial charge in [0.1, 0.15) is 5.82 Å². The van der Waals surface area contributed by atoms with E-state index < -0.39 is 5.54 Å². The van der Waals surface area contributed by atoms with Gasteiger partial charge in [0.15, 0.2) is 0 Å². The molecule has 5 heteroatoms. The minimum absolute atomic E-state index is 0.122. The Morgan fingerprint density at radius 3 is 2.59 bits per heavy atom. The number of nitrogens with one attached hydrogen (secondary N) is 1. The maximum absolute atomic E-state index is 12.1. The molecule has 1 saturated carbocycles. The van der Waals surface area contributed by atoms with Gasteiger partial charge in [-0.05, 0) is 25.0 Å². The van der Waals surface area contributed by atoms with Crippen LogP contribution in [0, 0.1) is 0 Å². The van der Waals surface area contributed by atoms with Gasteiger partial charge in [-0.2, -0.15) is 0 Å². The molecule has 0 saturated heterocycles. The normalized spacial score (nSPS) is 18.6. The SMILES string of the molecule is Nc1ccc(NC(=O)C2(N)CCCCC2)cn1. The first-order valence-corrected chi connectivity index (χ1v) is 5.92. The molecular weight excluding hydrogens is 216 g/mol. The van der Waals surface area contributed by atoms with Crippen molar-refractivity contribution in [1.29, 1.82) is 0 Å². The fourth-order valence-electron chi connectivity index (χ4n) is 2.14. The summed E-state index contributed by atoms with van der Waals surface area (Å²) in [5, 5.41) is 2.80. The van der Waals surface area contributed by atoms with Crippen LogP contribution in [-0.4, -0.2) is 16.4 Å². The van der Waals surface area contributed by atoms with Crippen LogP contribution in [0.2, 0.25) is 0 Å². The molecule has 2 rings (SSSR count). The van der Waals surface area contributed by atoms with E-state index >= 15 is 0 Å². The maximum atomic E-state index is 12.1. The summed E-state index contributed by atoms with van der Waals surface area (Å²) < 4.78 is 0. The molecule has 17 heavy (non-hydrogen) atoms. The molecule has 0 spiro atoms. The molecule has 0 aliphatic heterocycles. The Bertz CT molecular complexity index is 395. The minimum atomic E-state index is -0.723. The lowest BCUT2D eigenvalue weighted by Crippen LogP contribution is -2.52. The number of hydrogen-bond acceptors (Lipinski definition) is 4. The molecule has 1 aliphatic carbocycles. The highest BCUT2D eigenvalue weighted by atomic mass is 16.2. The predicted octanol–water partition coefficient (Wildman–Crippen LogP) is 1.26. The Morgan fingerprint density at radius 2 is 2.00 bits per heavy atom. The summed E-state index contributed by atoms with van der Waals surface area (Å²) in [5.74, 6) is 0.312. The van der Waals surface area contributed by atoms with Gasteiger partial charge in [-0.15, -0.1) is 0 Å². The zero-order valence-electron chi connectivity index (χ0n) is 9.78. The molecule has 1 aliphatic rings. The summed E-state index contributed by atoms with van der Waals surface area (Å²) in [6.07, 6.45) is 6.24. The topological polar surface area (TPSA) is 94.0 Å². The molecule has 5 nitrogen and oxygen atoms in total. The van der Waals surface area contributed by atoms with E-state index in [1.165, 1.54) is 0 Å². The standard InChI is InChI=1S/C12H18N4O/c13-10-5-4-9(8-15-10)16-11(17)12(14)6-2-1-3-7-12/h4-5,8H,1-3,6-7,14H2,(H2,13,15)(H,16,17). The van der Waals surface area contributed by atoms with Crippen LogP contribution in [0.5, 0.6) is 0 Å². The van der Waals surface area contributed by atoms with E-state index in [4.69, 9.17) is 11.5 Å². The van der Waals surface area contributed by atoms with Gasteiger partial charge in [-0.1, -0.05) is 19.3 Å². The molecule has 0 radical (unpaired) electrons. The Balaban J connectivity index is 2.03. The van der Waals surface area contributed by atoms with Crippen LogP contribution in [0.3, 0.4) is 0 Å². The van der Waals surface area contributed by atoms with Crippen LogP contribution < -0.4 is 16.8 Å². The largest absolute Gasteiger partial charge is 0.384 e. The lowest BCUT2D eigenvalue weighted by Gasteiger charge is -2.31. The molecule has 0 unspecified atom stereocenters. The Morgan fingerprint density at radius 1 is 1.29 bits per heavy atom. The van der Waals surface area contributed by atoms with Crippen molar-refractivity contribution in [1.82, 2.24) is 4.98 Å². The summed E-state index contributed by atoms with van der Waals surface area (Å²) >= 11 is 0. The second-order valence-electron chi connectivity index (χ2n) is 4.64. The summed E-state index contributed by atoms with van der Waals surface area (Å²) in [6.45, 7) is 0. The van der Waals surface area contributed by atoms with E-state index in [0.29, 0.717) is 11.5 Å². The molecular formula is C12H18N4O. The number of carbonyl (C=O) groups excluding carboxylic acids is 1. The first kappa shape index (κ1) is 11.9. The molecule has 0 atom stereocenters. The molecule has 1 aromatic heterocycles. The maximum Gasteiger partial charge on any atom is 0.244 e. The van der Waals surface area contributed by atoms with Crippen molar-refractivity contribution in [3.63, 3.8) is 0 Å². The Hall–Kier alpha value is -1.62. The molecule has 1 heterocycles. The van der Waals surface area contributed by atoms with E-state index in [1.54, 1.807) is 18.3 Å². The van der Waals surface area contributed by atoms with Crippen molar-refractivity contribution in [2.75, 3.05) is 11.1 Å². The van der Waals surface area contributed by atoms with E-state index in [0.717, 1.165) is 32.1 Å². The molecule has 0 aromatic carbocycles. The van der Waals surface area contributed by atoms with Gasteiger partial charge in [-0.3, -0.25) is 4.79 Å². The van der Waals surface area contributed by atoms with Crippen molar-refractivity contribution < 1.29 is 4.79 Å². The fraction of sp³-hybridized carbons (Fsp3) is 0.500. The highest BCUT2D eigenvalue weighted by molar-refractivity contribution is 5.97. The molecule has 5 N–H and O–H groups in total.